The second-order valence-electron chi connectivity index (χ2n) is 4.23. The van der Waals surface area contributed by atoms with Crippen molar-refractivity contribution in [2.75, 3.05) is 7.11 Å². The first kappa shape index (κ1) is 10.8. The quantitative estimate of drug-likeness (QED) is 0.633. The van der Waals surface area contributed by atoms with Gasteiger partial charge in [0.05, 0.1) is 7.11 Å². The van der Waals surface area contributed by atoms with Gasteiger partial charge in [-0.1, -0.05) is 60.7 Å². The molecule has 0 heterocycles. The Bertz CT molecular complexity index is 672. The standard InChI is InChI=1S/C17H14O/c1-18-17-12-6-10-15-14(9-5-11-16(15)17)13-7-3-2-4-8-13/h2-12H,1H3. The highest BCUT2D eigenvalue weighted by atomic mass is 16.5. The van der Waals surface area contributed by atoms with E-state index in [-0.39, 0.29) is 0 Å². The summed E-state index contributed by atoms with van der Waals surface area (Å²) in [5.41, 5.74) is 2.48. The van der Waals surface area contributed by atoms with Gasteiger partial charge in [-0.05, 0) is 22.6 Å². The second-order valence-corrected chi connectivity index (χ2v) is 4.23. The largest absolute Gasteiger partial charge is 0.496 e. The number of ether oxygens (including phenoxy) is 1. The first-order valence-corrected chi connectivity index (χ1v) is 6.01. The van der Waals surface area contributed by atoms with Gasteiger partial charge in [0.1, 0.15) is 5.75 Å². The van der Waals surface area contributed by atoms with Crippen molar-refractivity contribution in [2.45, 2.75) is 0 Å². The lowest BCUT2D eigenvalue weighted by atomic mass is 9.98. The molecule has 3 rings (SSSR count). The summed E-state index contributed by atoms with van der Waals surface area (Å²) >= 11 is 0. The number of benzene rings is 3. The van der Waals surface area contributed by atoms with E-state index in [4.69, 9.17) is 4.74 Å². The molecule has 0 atom stereocenters. The summed E-state index contributed by atoms with van der Waals surface area (Å²) in [5.74, 6) is 0.922. The third-order valence-electron chi connectivity index (χ3n) is 3.19. The lowest BCUT2D eigenvalue weighted by molar-refractivity contribution is 0.420. The highest BCUT2D eigenvalue weighted by Gasteiger charge is 2.06. The van der Waals surface area contributed by atoms with Crippen LogP contribution in [0.25, 0.3) is 21.9 Å². The molecular weight excluding hydrogens is 220 g/mol. The van der Waals surface area contributed by atoms with Crippen molar-refractivity contribution in [1.82, 2.24) is 0 Å². The average Bonchev–Trinajstić information content (AvgIpc) is 2.47. The fourth-order valence-electron chi connectivity index (χ4n) is 2.33. The topological polar surface area (TPSA) is 9.23 Å². The third-order valence-corrected chi connectivity index (χ3v) is 3.19. The Morgan fingerprint density at radius 1 is 0.667 bits per heavy atom. The summed E-state index contributed by atoms with van der Waals surface area (Å²) in [4.78, 5) is 0. The molecule has 0 saturated carbocycles. The summed E-state index contributed by atoms with van der Waals surface area (Å²) in [7, 11) is 1.71. The van der Waals surface area contributed by atoms with Crippen LogP contribution in [0.2, 0.25) is 0 Å². The molecule has 3 aromatic rings. The van der Waals surface area contributed by atoms with Crippen LogP contribution in [0, 0.1) is 0 Å². The molecule has 0 radical (unpaired) electrons. The van der Waals surface area contributed by atoms with Gasteiger partial charge in [0.25, 0.3) is 0 Å². The van der Waals surface area contributed by atoms with E-state index in [0.29, 0.717) is 0 Å². The average molecular weight is 234 g/mol. The molecule has 0 saturated heterocycles. The molecule has 88 valence electrons. The van der Waals surface area contributed by atoms with E-state index in [0.717, 1.165) is 11.1 Å². The Kier molecular flexibility index (Phi) is 2.73. The predicted molar refractivity (Wildman–Crippen MR) is 75.9 cm³/mol. The monoisotopic (exact) mass is 234 g/mol. The molecule has 0 aliphatic rings. The number of rotatable bonds is 2. The van der Waals surface area contributed by atoms with E-state index in [2.05, 4.69) is 48.5 Å². The highest BCUT2D eigenvalue weighted by Crippen LogP contribution is 2.33. The van der Waals surface area contributed by atoms with Gasteiger partial charge in [-0.3, -0.25) is 0 Å². The maximum Gasteiger partial charge on any atom is 0.126 e. The zero-order valence-corrected chi connectivity index (χ0v) is 10.3. The van der Waals surface area contributed by atoms with Crippen molar-refractivity contribution < 1.29 is 4.74 Å². The van der Waals surface area contributed by atoms with Crippen LogP contribution in [0.15, 0.2) is 66.7 Å². The number of fused-ring (bicyclic) bond motifs is 1. The summed E-state index contributed by atoms with van der Waals surface area (Å²) in [5, 5.41) is 2.38. The number of methoxy groups -OCH3 is 1. The van der Waals surface area contributed by atoms with Crippen LogP contribution in [0.1, 0.15) is 0 Å². The molecule has 0 aliphatic carbocycles. The van der Waals surface area contributed by atoms with Crippen molar-refractivity contribution in [3.05, 3.63) is 66.7 Å². The molecule has 0 unspecified atom stereocenters. The first-order valence-electron chi connectivity index (χ1n) is 6.01. The molecular formula is C17H14O. The van der Waals surface area contributed by atoms with E-state index in [1.165, 1.54) is 16.5 Å². The lowest BCUT2D eigenvalue weighted by Crippen LogP contribution is -1.86. The van der Waals surface area contributed by atoms with E-state index in [1.807, 2.05) is 18.2 Å². The molecule has 3 aromatic carbocycles. The summed E-state index contributed by atoms with van der Waals surface area (Å²) < 4.78 is 5.42. The van der Waals surface area contributed by atoms with Gasteiger partial charge in [0.2, 0.25) is 0 Å². The molecule has 1 nitrogen and oxygen atoms in total. The summed E-state index contributed by atoms with van der Waals surface area (Å²) in [6, 6.07) is 22.9. The Morgan fingerprint density at radius 2 is 1.39 bits per heavy atom. The van der Waals surface area contributed by atoms with Crippen LogP contribution in [0.3, 0.4) is 0 Å². The van der Waals surface area contributed by atoms with Crippen LogP contribution >= 0.6 is 0 Å². The van der Waals surface area contributed by atoms with Crippen molar-refractivity contribution >= 4 is 10.8 Å². The minimum absolute atomic E-state index is 0.922. The lowest BCUT2D eigenvalue weighted by Gasteiger charge is -2.09. The zero-order chi connectivity index (χ0) is 12.4. The van der Waals surface area contributed by atoms with Gasteiger partial charge in [0.15, 0.2) is 0 Å². The van der Waals surface area contributed by atoms with Gasteiger partial charge in [-0.2, -0.15) is 0 Å². The van der Waals surface area contributed by atoms with Gasteiger partial charge >= 0.3 is 0 Å². The molecule has 18 heavy (non-hydrogen) atoms. The third kappa shape index (κ3) is 1.74. The molecule has 0 amide bonds. The molecule has 0 fully saturated rings. The number of hydrogen-bond donors (Lipinski definition) is 0. The van der Waals surface area contributed by atoms with Crippen LogP contribution in [0.5, 0.6) is 5.75 Å². The Labute approximate surface area is 107 Å². The van der Waals surface area contributed by atoms with Gasteiger partial charge in [0, 0.05) is 5.39 Å². The van der Waals surface area contributed by atoms with Crippen LogP contribution < -0.4 is 4.74 Å². The SMILES string of the molecule is COc1cccc2c(-c3ccccc3)cccc12. The van der Waals surface area contributed by atoms with Crippen LogP contribution in [-0.4, -0.2) is 7.11 Å². The Balaban J connectivity index is 2.32. The van der Waals surface area contributed by atoms with Gasteiger partial charge in [-0.15, -0.1) is 0 Å². The van der Waals surface area contributed by atoms with Crippen LogP contribution in [0.4, 0.5) is 0 Å². The molecule has 0 N–H and O–H groups in total. The summed E-state index contributed by atoms with van der Waals surface area (Å²) in [6.07, 6.45) is 0. The van der Waals surface area contributed by atoms with Crippen molar-refractivity contribution in [3.8, 4) is 16.9 Å². The maximum atomic E-state index is 5.42. The Morgan fingerprint density at radius 3 is 2.17 bits per heavy atom. The van der Waals surface area contributed by atoms with E-state index in [1.54, 1.807) is 7.11 Å². The minimum Gasteiger partial charge on any atom is -0.496 e. The normalized spacial score (nSPS) is 10.5. The van der Waals surface area contributed by atoms with Crippen molar-refractivity contribution in [3.63, 3.8) is 0 Å². The summed E-state index contributed by atoms with van der Waals surface area (Å²) in [6.45, 7) is 0. The first-order chi connectivity index (χ1) is 8.90. The van der Waals surface area contributed by atoms with Crippen LogP contribution in [-0.2, 0) is 0 Å². The maximum absolute atomic E-state index is 5.42. The molecule has 1 heteroatoms. The van der Waals surface area contributed by atoms with E-state index < -0.39 is 0 Å². The van der Waals surface area contributed by atoms with E-state index in [9.17, 15) is 0 Å². The Hall–Kier alpha value is -2.28. The molecule has 0 spiro atoms. The van der Waals surface area contributed by atoms with Gasteiger partial charge < -0.3 is 4.74 Å². The fraction of sp³-hybridized carbons (Fsp3) is 0.0588. The van der Waals surface area contributed by atoms with Crippen molar-refractivity contribution in [2.24, 2.45) is 0 Å². The van der Waals surface area contributed by atoms with E-state index >= 15 is 0 Å². The van der Waals surface area contributed by atoms with Gasteiger partial charge in [-0.25, -0.2) is 0 Å². The molecule has 0 aliphatic heterocycles. The second kappa shape index (κ2) is 4.53. The molecule has 0 bridgehead atoms. The zero-order valence-electron chi connectivity index (χ0n) is 10.3. The molecule has 0 aromatic heterocycles. The fourth-order valence-corrected chi connectivity index (χ4v) is 2.33. The van der Waals surface area contributed by atoms with Crippen molar-refractivity contribution in [1.29, 1.82) is 0 Å². The number of hydrogen-bond acceptors (Lipinski definition) is 1. The predicted octanol–water partition coefficient (Wildman–Crippen LogP) is 4.52. The minimum atomic E-state index is 0.922. The highest BCUT2D eigenvalue weighted by molar-refractivity contribution is 5.99. The smallest absolute Gasteiger partial charge is 0.126 e.